The van der Waals surface area contributed by atoms with Crippen LogP contribution in [0.15, 0.2) is 15.5 Å². The molecule has 2 aliphatic rings. The number of amides is 1. The average molecular weight is 360 g/mol. The molecule has 4 heterocycles. The fourth-order valence-corrected chi connectivity index (χ4v) is 3.30. The molecular weight excluding hydrogens is 340 g/mol. The Morgan fingerprint density at radius 2 is 2.12 bits per heavy atom. The first-order valence-corrected chi connectivity index (χ1v) is 8.63. The summed E-state index contributed by atoms with van der Waals surface area (Å²) >= 11 is 0. The molecule has 0 radical (unpaired) electrons. The van der Waals surface area contributed by atoms with Crippen molar-refractivity contribution in [2.45, 2.75) is 19.3 Å². The molecule has 2 saturated heterocycles. The number of nitrogens with zero attached hydrogens (tertiary/aromatic N) is 5. The Bertz CT molecular complexity index is 856. The van der Waals surface area contributed by atoms with Crippen molar-refractivity contribution in [2.75, 3.05) is 44.3 Å². The number of hydrogen-bond acceptors (Lipinski definition) is 8. The summed E-state index contributed by atoms with van der Waals surface area (Å²) in [5.74, 6) is 0.295. The highest BCUT2D eigenvalue weighted by atomic mass is 16.5. The first kappa shape index (κ1) is 16.7. The number of likely N-dealkylation sites (tertiary alicyclic amines) is 1. The molecule has 2 aromatic heterocycles. The van der Waals surface area contributed by atoms with Crippen molar-refractivity contribution >= 4 is 11.9 Å². The summed E-state index contributed by atoms with van der Waals surface area (Å²) in [4.78, 5) is 39.3. The first-order chi connectivity index (χ1) is 12.6. The number of aromatic nitrogens is 4. The van der Waals surface area contributed by atoms with Crippen LogP contribution in [0, 0.1) is 6.92 Å². The number of morpholine rings is 1. The summed E-state index contributed by atoms with van der Waals surface area (Å²) in [6.45, 7) is 5.56. The van der Waals surface area contributed by atoms with Crippen molar-refractivity contribution in [3.05, 3.63) is 33.8 Å². The van der Waals surface area contributed by atoms with Crippen LogP contribution in [0.5, 0.6) is 0 Å². The second-order valence-corrected chi connectivity index (χ2v) is 6.52. The van der Waals surface area contributed by atoms with Crippen molar-refractivity contribution in [3.8, 4) is 0 Å². The Balaban J connectivity index is 1.51. The molecule has 1 N–H and O–H groups in total. The number of ether oxygens (including phenoxy) is 1. The van der Waals surface area contributed by atoms with E-state index in [4.69, 9.17) is 4.74 Å². The number of carbonyl (C=O) groups excluding carboxylic acids is 1. The van der Waals surface area contributed by atoms with E-state index >= 15 is 0 Å². The highest BCUT2D eigenvalue weighted by molar-refractivity contribution is 5.94. The van der Waals surface area contributed by atoms with Gasteiger partial charge in [-0.15, -0.1) is 0 Å². The second-order valence-electron chi connectivity index (χ2n) is 6.52. The smallest absolute Gasteiger partial charge is 0.378 e. The number of aryl methyl sites for hydroxylation is 1. The van der Waals surface area contributed by atoms with Gasteiger partial charge in [-0.05, 0) is 18.9 Å². The number of nitrogens with one attached hydrogen (secondary N) is 1. The van der Waals surface area contributed by atoms with Crippen LogP contribution in [0.2, 0.25) is 0 Å². The number of H-pyrrole nitrogens is 1. The van der Waals surface area contributed by atoms with Gasteiger partial charge in [-0.1, -0.05) is 5.16 Å². The minimum Gasteiger partial charge on any atom is -0.378 e. The standard InChI is InChI=1S/C16H20N6O4/c1-10-8-17-15(21-4-6-25-7-5-21)18-12(10)14(23)22-3-2-11(9-22)13-19-16(24)26-20-13/h8,11H,2-7,9H2,1H3,(H,19,20,24). The molecular formula is C16H20N6O4. The third kappa shape index (κ3) is 3.19. The zero-order valence-electron chi connectivity index (χ0n) is 14.5. The van der Waals surface area contributed by atoms with Crippen molar-refractivity contribution in [2.24, 2.45) is 0 Å². The van der Waals surface area contributed by atoms with Gasteiger partial charge in [0.25, 0.3) is 5.91 Å². The minimum atomic E-state index is -0.577. The average Bonchev–Trinajstić information content (AvgIpc) is 3.31. The lowest BCUT2D eigenvalue weighted by atomic mass is 10.1. The van der Waals surface area contributed by atoms with E-state index in [1.165, 1.54) is 0 Å². The Labute approximate surface area is 149 Å². The van der Waals surface area contributed by atoms with Gasteiger partial charge in [0.15, 0.2) is 5.82 Å². The third-order valence-electron chi connectivity index (χ3n) is 4.77. The maximum Gasteiger partial charge on any atom is 0.438 e. The maximum atomic E-state index is 13.0. The number of hydrogen-bond donors (Lipinski definition) is 1. The highest BCUT2D eigenvalue weighted by Crippen LogP contribution is 2.26. The molecule has 2 fully saturated rings. The second kappa shape index (κ2) is 6.87. The van der Waals surface area contributed by atoms with E-state index in [0.717, 1.165) is 5.56 Å². The Morgan fingerprint density at radius 3 is 2.85 bits per heavy atom. The van der Waals surface area contributed by atoms with Gasteiger partial charge in [-0.25, -0.2) is 14.8 Å². The molecule has 0 spiro atoms. The molecule has 138 valence electrons. The highest BCUT2D eigenvalue weighted by Gasteiger charge is 2.32. The maximum absolute atomic E-state index is 13.0. The molecule has 10 nitrogen and oxygen atoms in total. The van der Waals surface area contributed by atoms with E-state index in [0.29, 0.717) is 63.3 Å². The van der Waals surface area contributed by atoms with Gasteiger partial charge in [-0.3, -0.25) is 14.3 Å². The van der Waals surface area contributed by atoms with Gasteiger partial charge in [0.2, 0.25) is 5.95 Å². The molecule has 10 heteroatoms. The van der Waals surface area contributed by atoms with E-state index in [1.54, 1.807) is 11.1 Å². The largest absolute Gasteiger partial charge is 0.438 e. The molecule has 1 atom stereocenters. The van der Waals surface area contributed by atoms with Crippen LogP contribution in [-0.2, 0) is 4.74 Å². The van der Waals surface area contributed by atoms with Crippen molar-refractivity contribution < 1.29 is 14.1 Å². The molecule has 1 amide bonds. The quantitative estimate of drug-likeness (QED) is 0.808. The van der Waals surface area contributed by atoms with E-state index in [9.17, 15) is 9.59 Å². The van der Waals surface area contributed by atoms with Crippen LogP contribution >= 0.6 is 0 Å². The van der Waals surface area contributed by atoms with Crippen molar-refractivity contribution in [1.82, 2.24) is 25.0 Å². The normalized spacial score (nSPS) is 20.6. The predicted molar refractivity (Wildman–Crippen MR) is 90.2 cm³/mol. The zero-order chi connectivity index (χ0) is 18.1. The van der Waals surface area contributed by atoms with Crippen LogP contribution in [0.1, 0.15) is 34.2 Å². The SMILES string of the molecule is Cc1cnc(N2CCOCC2)nc1C(=O)N1CCC(c2noc(=O)[nH]2)C1. The lowest BCUT2D eigenvalue weighted by Gasteiger charge is -2.27. The molecule has 0 aromatic carbocycles. The Morgan fingerprint density at radius 1 is 1.31 bits per heavy atom. The summed E-state index contributed by atoms with van der Waals surface area (Å²) in [5, 5.41) is 3.73. The molecule has 0 saturated carbocycles. The minimum absolute atomic E-state index is 0.0359. The van der Waals surface area contributed by atoms with Gasteiger partial charge in [-0.2, -0.15) is 0 Å². The molecule has 2 aromatic rings. The third-order valence-corrected chi connectivity index (χ3v) is 4.77. The number of rotatable bonds is 3. The van der Waals surface area contributed by atoms with E-state index in [-0.39, 0.29) is 11.8 Å². The Hall–Kier alpha value is -2.75. The van der Waals surface area contributed by atoms with Gasteiger partial charge in [0.1, 0.15) is 5.69 Å². The van der Waals surface area contributed by atoms with Gasteiger partial charge < -0.3 is 14.5 Å². The van der Waals surface area contributed by atoms with Crippen LogP contribution in [0.3, 0.4) is 0 Å². The fraction of sp³-hybridized carbons (Fsp3) is 0.562. The van der Waals surface area contributed by atoms with E-state index in [1.807, 2.05) is 11.8 Å². The van der Waals surface area contributed by atoms with Crippen LogP contribution < -0.4 is 10.7 Å². The topological polar surface area (TPSA) is 117 Å². The zero-order valence-corrected chi connectivity index (χ0v) is 14.5. The summed E-state index contributed by atoms with van der Waals surface area (Å²) in [5.41, 5.74) is 1.15. The summed E-state index contributed by atoms with van der Waals surface area (Å²) < 4.78 is 9.91. The predicted octanol–water partition coefficient (Wildman–Crippen LogP) is -0.0724. The number of aromatic amines is 1. The first-order valence-electron chi connectivity index (χ1n) is 8.63. The molecule has 4 rings (SSSR count). The monoisotopic (exact) mass is 360 g/mol. The van der Waals surface area contributed by atoms with Crippen LogP contribution in [0.4, 0.5) is 5.95 Å². The number of anilines is 1. The van der Waals surface area contributed by atoms with E-state index in [2.05, 4.69) is 24.6 Å². The van der Waals surface area contributed by atoms with Crippen LogP contribution in [-0.4, -0.2) is 70.3 Å². The summed E-state index contributed by atoms with van der Waals surface area (Å²) in [7, 11) is 0. The van der Waals surface area contributed by atoms with Gasteiger partial charge in [0, 0.05) is 38.3 Å². The molecule has 1 unspecified atom stereocenters. The van der Waals surface area contributed by atoms with Crippen LogP contribution in [0.25, 0.3) is 0 Å². The van der Waals surface area contributed by atoms with Gasteiger partial charge in [0.05, 0.1) is 13.2 Å². The molecule has 0 aliphatic carbocycles. The van der Waals surface area contributed by atoms with Crippen molar-refractivity contribution in [3.63, 3.8) is 0 Å². The van der Waals surface area contributed by atoms with Gasteiger partial charge >= 0.3 is 5.76 Å². The molecule has 26 heavy (non-hydrogen) atoms. The molecule has 0 bridgehead atoms. The number of carbonyl (C=O) groups is 1. The lowest BCUT2D eigenvalue weighted by Crippen LogP contribution is -2.38. The van der Waals surface area contributed by atoms with E-state index < -0.39 is 5.76 Å². The lowest BCUT2D eigenvalue weighted by molar-refractivity contribution is 0.0783. The fourth-order valence-electron chi connectivity index (χ4n) is 3.30. The molecule has 2 aliphatic heterocycles. The summed E-state index contributed by atoms with van der Waals surface area (Å²) in [6, 6.07) is 0. The summed E-state index contributed by atoms with van der Waals surface area (Å²) in [6.07, 6.45) is 2.41. The Kier molecular flexibility index (Phi) is 4.41. The van der Waals surface area contributed by atoms with Crippen molar-refractivity contribution in [1.29, 1.82) is 0 Å².